The van der Waals surface area contributed by atoms with Crippen molar-refractivity contribution in [3.63, 3.8) is 0 Å². The summed E-state index contributed by atoms with van der Waals surface area (Å²) in [6.07, 6.45) is 1.12. The topological polar surface area (TPSA) is 161 Å². The molecule has 0 aliphatic carbocycles. The van der Waals surface area contributed by atoms with E-state index in [2.05, 4.69) is 15.8 Å². The van der Waals surface area contributed by atoms with Gasteiger partial charge in [-0.3, -0.25) is 25.0 Å². The summed E-state index contributed by atoms with van der Waals surface area (Å²) in [6, 6.07) is 17.3. The lowest BCUT2D eigenvalue weighted by Gasteiger charge is -2.38. The molecule has 3 aromatic carbocycles. The molecule has 0 aromatic heterocycles. The smallest absolute Gasteiger partial charge is 0.315 e. The standard InChI is InChI=1S/C30H31Cl2N7O6/c1-30(2)27(38(43)28(41)34-23-13-9-21(31)10-14-23)37(24-15-11-22(32)12-16-24)29(42)36(30)17-4-3-8-26(40)35-33-19-20-6-5-7-25(18-20)39(44)45/h5-7,9-16,18-19,27,43H,3-4,8,17H2,1-2H3,(H,34,41)(H,35,40)/b33-19-. The average molecular weight is 657 g/mol. The van der Waals surface area contributed by atoms with Gasteiger partial charge in [0, 0.05) is 52.1 Å². The van der Waals surface area contributed by atoms with Crippen LogP contribution in [0, 0.1) is 10.1 Å². The third kappa shape index (κ3) is 8.06. The molecule has 45 heavy (non-hydrogen) atoms. The van der Waals surface area contributed by atoms with Crippen LogP contribution in [0.2, 0.25) is 10.0 Å². The van der Waals surface area contributed by atoms with Crippen LogP contribution in [0.5, 0.6) is 0 Å². The number of hydroxylamine groups is 2. The van der Waals surface area contributed by atoms with Crippen molar-refractivity contribution in [2.45, 2.75) is 44.8 Å². The number of hydrazone groups is 1. The Morgan fingerprint density at radius 2 is 1.71 bits per heavy atom. The van der Waals surface area contributed by atoms with Gasteiger partial charge in [-0.1, -0.05) is 35.3 Å². The summed E-state index contributed by atoms with van der Waals surface area (Å²) in [7, 11) is 0. The van der Waals surface area contributed by atoms with Crippen LogP contribution in [-0.2, 0) is 4.79 Å². The largest absolute Gasteiger partial charge is 0.347 e. The zero-order valence-corrected chi connectivity index (χ0v) is 25.9. The molecule has 1 atom stereocenters. The molecule has 0 bridgehead atoms. The summed E-state index contributed by atoms with van der Waals surface area (Å²) < 4.78 is 0. The predicted molar refractivity (Wildman–Crippen MR) is 171 cm³/mol. The molecule has 1 fully saturated rings. The highest BCUT2D eigenvalue weighted by Gasteiger charge is 2.55. The number of non-ortho nitro benzene ring substituents is 1. The minimum Gasteiger partial charge on any atom is -0.315 e. The molecule has 1 heterocycles. The first-order valence-corrected chi connectivity index (χ1v) is 14.6. The highest BCUT2D eigenvalue weighted by atomic mass is 35.5. The molecule has 4 rings (SSSR count). The summed E-state index contributed by atoms with van der Waals surface area (Å²) in [6.45, 7) is 3.70. The summed E-state index contributed by atoms with van der Waals surface area (Å²) in [5.74, 6) is -0.371. The molecule has 0 spiro atoms. The maximum Gasteiger partial charge on any atom is 0.347 e. The first-order valence-electron chi connectivity index (χ1n) is 13.9. The Hall–Kier alpha value is -4.72. The van der Waals surface area contributed by atoms with E-state index in [1.54, 1.807) is 73.3 Å². The number of hydrogen-bond acceptors (Lipinski definition) is 7. The minimum atomic E-state index is -1.13. The number of amides is 5. The van der Waals surface area contributed by atoms with Gasteiger partial charge in [-0.25, -0.2) is 15.0 Å². The molecule has 3 N–H and O–H groups in total. The second-order valence-corrected chi connectivity index (χ2v) is 11.6. The molecule has 13 nitrogen and oxygen atoms in total. The van der Waals surface area contributed by atoms with Crippen LogP contribution in [0.15, 0.2) is 77.9 Å². The SMILES string of the molecule is CC1(C)C(N(O)C(=O)Nc2ccc(Cl)cc2)N(c2ccc(Cl)cc2)C(=O)N1CCCCC(=O)N/N=C\c1cccc([N+](=O)[O-])c1. The number of carbonyl (C=O) groups is 3. The van der Waals surface area contributed by atoms with Crippen molar-refractivity contribution < 1.29 is 24.5 Å². The summed E-state index contributed by atoms with van der Waals surface area (Å²) in [4.78, 5) is 52.5. The molecule has 1 unspecified atom stereocenters. The van der Waals surface area contributed by atoms with Crippen LogP contribution in [0.4, 0.5) is 26.7 Å². The van der Waals surface area contributed by atoms with Crippen LogP contribution in [0.25, 0.3) is 0 Å². The van der Waals surface area contributed by atoms with Gasteiger partial charge >= 0.3 is 12.1 Å². The molecule has 1 aliphatic heterocycles. The van der Waals surface area contributed by atoms with Crippen molar-refractivity contribution in [3.8, 4) is 0 Å². The van der Waals surface area contributed by atoms with E-state index in [-0.39, 0.29) is 24.6 Å². The molecular formula is C30H31Cl2N7O6. The van der Waals surface area contributed by atoms with E-state index in [1.807, 2.05) is 0 Å². The Bertz CT molecular complexity index is 1580. The van der Waals surface area contributed by atoms with Gasteiger partial charge in [-0.05, 0) is 75.2 Å². The molecule has 3 aromatic rings. The van der Waals surface area contributed by atoms with Crippen molar-refractivity contribution in [3.05, 3.63) is 98.5 Å². The first kappa shape index (κ1) is 33.2. The van der Waals surface area contributed by atoms with Crippen molar-refractivity contribution in [2.24, 2.45) is 5.10 Å². The van der Waals surface area contributed by atoms with Gasteiger partial charge in [-0.2, -0.15) is 10.2 Å². The van der Waals surface area contributed by atoms with Crippen LogP contribution >= 0.6 is 23.2 Å². The van der Waals surface area contributed by atoms with Crippen molar-refractivity contribution >= 4 is 64.4 Å². The lowest BCUT2D eigenvalue weighted by atomic mass is 9.99. The molecule has 1 aliphatic rings. The van der Waals surface area contributed by atoms with E-state index in [4.69, 9.17) is 23.2 Å². The summed E-state index contributed by atoms with van der Waals surface area (Å²) in [5, 5.41) is 30.0. The fraction of sp³-hybridized carbons (Fsp3) is 0.267. The minimum absolute atomic E-state index is 0.0898. The number of nitrogens with zero attached hydrogens (tertiary/aromatic N) is 5. The van der Waals surface area contributed by atoms with Gasteiger partial charge in [-0.15, -0.1) is 0 Å². The van der Waals surface area contributed by atoms with Crippen LogP contribution in [0.1, 0.15) is 38.7 Å². The number of nitro benzene ring substituents is 1. The van der Waals surface area contributed by atoms with Crippen LogP contribution in [-0.4, -0.2) is 62.5 Å². The van der Waals surface area contributed by atoms with E-state index in [9.17, 15) is 29.7 Å². The maximum atomic E-state index is 13.8. The van der Waals surface area contributed by atoms with E-state index in [0.29, 0.717) is 44.9 Å². The van der Waals surface area contributed by atoms with Gasteiger partial charge in [0.25, 0.3) is 5.69 Å². The monoisotopic (exact) mass is 655 g/mol. The summed E-state index contributed by atoms with van der Waals surface area (Å²) in [5.41, 5.74) is 2.50. The Balaban J connectivity index is 1.41. The zero-order valence-electron chi connectivity index (χ0n) is 24.4. The third-order valence-electron chi connectivity index (χ3n) is 7.17. The molecule has 0 radical (unpaired) electrons. The number of benzene rings is 3. The average Bonchev–Trinajstić information content (AvgIpc) is 3.20. The number of halogens is 2. The highest BCUT2D eigenvalue weighted by Crippen LogP contribution is 2.38. The molecule has 236 valence electrons. The number of rotatable bonds is 11. The summed E-state index contributed by atoms with van der Waals surface area (Å²) >= 11 is 12.0. The van der Waals surface area contributed by atoms with Gasteiger partial charge in [0.05, 0.1) is 16.7 Å². The van der Waals surface area contributed by atoms with Gasteiger partial charge in [0.2, 0.25) is 5.91 Å². The number of nitro groups is 1. The van der Waals surface area contributed by atoms with E-state index in [1.165, 1.54) is 29.3 Å². The van der Waals surface area contributed by atoms with Crippen LogP contribution < -0.4 is 15.6 Å². The quantitative estimate of drug-likeness (QED) is 0.0703. The first-order chi connectivity index (χ1) is 21.4. The second kappa shape index (κ2) is 14.4. The number of hydrogen-bond donors (Lipinski definition) is 3. The maximum absolute atomic E-state index is 13.8. The second-order valence-electron chi connectivity index (χ2n) is 10.7. The Morgan fingerprint density at radius 1 is 1.07 bits per heavy atom. The lowest BCUT2D eigenvalue weighted by molar-refractivity contribution is -0.384. The molecule has 1 saturated heterocycles. The van der Waals surface area contributed by atoms with Gasteiger partial charge < -0.3 is 10.2 Å². The third-order valence-corrected chi connectivity index (χ3v) is 7.67. The number of unbranched alkanes of at least 4 members (excludes halogenated alkanes) is 1. The van der Waals surface area contributed by atoms with Gasteiger partial charge in [0.1, 0.15) is 0 Å². The number of nitrogens with one attached hydrogen (secondary N) is 2. The number of urea groups is 2. The van der Waals surface area contributed by atoms with E-state index in [0.717, 1.165) is 0 Å². The Morgan fingerprint density at radius 3 is 2.36 bits per heavy atom. The Kier molecular flexibility index (Phi) is 10.6. The van der Waals surface area contributed by atoms with Crippen molar-refractivity contribution in [1.29, 1.82) is 0 Å². The van der Waals surface area contributed by atoms with E-state index < -0.39 is 28.7 Å². The fourth-order valence-corrected chi connectivity index (χ4v) is 5.17. The van der Waals surface area contributed by atoms with E-state index >= 15 is 0 Å². The fourth-order valence-electron chi connectivity index (χ4n) is 4.92. The molecule has 5 amide bonds. The lowest BCUT2D eigenvalue weighted by Crippen LogP contribution is -2.58. The number of anilines is 2. The number of carbonyl (C=O) groups excluding carboxylic acids is 3. The molecule has 15 heteroatoms. The molecule has 0 saturated carbocycles. The normalized spacial score (nSPS) is 15.8. The van der Waals surface area contributed by atoms with Crippen LogP contribution in [0.3, 0.4) is 0 Å². The van der Waals surface area contributed by atoms with Gasteiger partial charge in [0.15, 0.2) is 6.17 Å². The predicted octanol–water partition coefficient (Wildman–Crippen LogP) is 6.49. The van der Waals surface area contributed by atoms with Crippen molar-refractivity contribution in [2.75, 3.05) is 16.8 Å². The zero-order chi connectivity index (χ0) is 32.7. The highest BCUT2D eigenvalue weighted by molar-refractivity contribution is 6.31. The Labute approximate surface area is 269 Å². The molecular weight excluding hydrogens is 625 g/mol. The van der Waals surface area contributed by atoms with Crippen molar-refractivity contribution in [1.82, 2.24) is 15.4 Å².